The lowest BCUT2D eigenvalue weighted by Crippen LogP contribution is -2.71. The van der Waals surface area contributed by atoms with Crippen LogP contribution in [0.2, 0.25) is 0 Å². The summed E-state index contributed by atoms with van der Waals surface area (Å²) in [5.74, 6) is -16.1. The van der Waals surface area contributed by atoms with E-state index in [1.165, 1.54) is 141 Å². The molecule has 0 aromatic carbocycles. The minimum absolute atomic E-state index is 0.0987. The van der Waals surface area contributed by atoms with E-state index in [2.05, 4.69) is 29.8 Å². The molecule has 0 aromatic rings. The molecule has 6 rings (SSSR count). The number of rotatable bonds is 66. The fraction of sp³-hybridized carbons (Fsp3) is 0.912. The van der Waals surface area contributed by atoms with Crippen molar-refractivity contribution in [1.82, 2.24) is 16.0 Å². The molecule has 0 aromatic heterocycles. The van der Waals surface area contributed by atoms with Crippen LogP contribution in [0.4, 0.5) is 0 Å². The van der Waals surface area contributed by atoms with Gasteiger partial charge in [0.1, 0.15) is 128 Å². The van der Waals surface area contributed by atoms with Crippen LogP contribution in [0.5, 0.6) is 0 Å². The number of ketones is 1. The minimum Gasteiger partial charge on any atom is -0.477 e. The van der Waals surface area contributed by atoms with Gasteiger partial charge in [-0.05, 0) is 26.2 Å². The lowest BCUT2D eigenvalue weighted by molar-refractivity contribution is -0.408. The second kappa shape index (κ2) is 61.3. The van der Waals surface area contributed by atoms with Gasteiger partial charge in [0, 0.05) is 45.4 Å². The number of aliphatic hydroxyl groups excluding tert-OH is 19. The van der Waals surface area contributed by atoms with E-state index in [1.807, 2.05) is 0 Å². The number of carbonyl (C=O) groups is 6. The van der Waals surface area contributed by atoms with Crippen molar-refractivity contribution in [2.45, 2.75) is 474 Å². The van der Waals surface area contributed by atoms with Crippen LogP contribution in [-0.2, 0) is 85.6 Å². The summed E-state index contributed by atoms with van der Waals surface area (Å²) in [6, 6.07) is -4.77. The van der Waals surface area contributed by atoms with Gasteiger partial charge in [-0.2, -0.15) is 0 Å². The molecule has 42 nitrogen and oxygen atoms in total. The molecule has 6 aliphatic heterocycles. The number of carboxylic acids is 2. The van der Waals surface area contributed by atoms with Crippen molar-refractivity contribution in [2.75, 3.05) is 46.2 Å². The Morgan fingerprint density at radius 3 is 1.18 bits per heavy atom. The molecule has 3 amide bonds. The highest BCUT2D eigenvalue weighted by Crippen LogP contribution is 2.45. The van der Waals surface area contributed by atoms with Crippen molar-refractivity contribution in [2.24, 2.45) is 5.92 Å². The zero-order chi connectivity index (χ0) is 98.1. The molecule has 0 radical (unpaired) electrons. The SMILES string of the molecule is CCCCCCCCCCCCCC=CC(O)C(COC1OC(CO)C(OC2OC(CO)C(OC3OC(CO)C(O)C(OC4OC(CO)C(O)C(OC5(C(=O)O)CC(O)C(NC(C)=O)C(C(O)C(O)CO)O5)C4O)C3CC(C)=O)C(OC3(C(=O)O)CC(O)C(NC(C)=O)C(C(O)C(O)CO)O3)C2O)C(O)C1O)NC(=O)CCCCCCCCCCCCCCCCCCCCCCC. The number of nitrogens with one attached hydrogen (secondary N) is 3. The van der Waals surface area contributed by atoms with Crippen molar-refractivity contribution in [3.8, 4) is 0 Å². The van der Waals surface area contributed by atoms with Crippen LogP contribution in [0.3, 0.4) is 0 Å². The Kier molecular flexibility index (Phi) is 54.0. The zero-order valence-corrected chi connectivity index (χ0v) is 78.0. The molecule has 42 heteroatoms. The topological polar surface area (TPSA) is 674 Å². The average Bonchev–Trinajstić information content (AvgIpc) is 0.749. The Bertz CT molecular complexity index is 3310. The fourth-order valence-corrected chi connectivity index (χ4v) is 18.2. The lowest BCUT2D eigenvalue weighted by atomic mass is 9.86. The lowest BCUT2D eigenvalue weighted by Gasteiger charge is -2.53. The van der Waals surface area contributed by atoms with Gasteiger partial charge in [0.25, 0.3) is 11.6 Å². The third-order valence-corrected chi connectivity index (χ3v) is 25.9. The van der Waals surface area contributed by atoms with Gasteiger partial charge < -0.3 is 185 Å². The molecule has 6 saturated heterocycles. The summed E-state index contributed by atoms with van der Waals surface area (Å²) in [6.45, 7) is -0.588. The molecule has 6 fully saturated rings. The number of Topliss-reactive ketones (excluding diaryl/α,β-unsaturated/α-hetero) is 1. The third-order valence-electron chi connectivity index (χ3n) is 25.9. The van der Waals surface area contributed by atoms with Crippen LogP contribution >= 0.6 is 0 Å². The quantitative estimate of drug-likeness (QED) is 0.0271. The Balaban J connectivity index is 1.25. The van der Waals surface area contributed by atoms with Crippen molar-refractivity contribution in [3.05, 3.63) is 12.2 Å². The molecule has 24 N–H and O–H groups in total. The molecule has 6 aliphatic rings. The normalized spacial score (nSPS) is 34.1. The predicted octanol–water partition coefficient (Wildman–Crippen LogP) is -0.437. The number of amides is 3. The van der Waals surface area contributed by atoms with Crippen LogP contribution in [-0.4, -0.2) is 390 Å². The van der Waals surface area contributed by atoms with Gasteiger partial charge in [0.05, 0.1) is 88.8 Å². The Labute approximate surface area is 779 Å². The maximum Gasteiger partial charge on any atom is 0.364 e. The molecule has 0 saturated carbocycles. The summed E-state index contributed by atoms with van der Waals surface area (Å²) in [5.41, 5.74) is 0. The molecule has 0 bridgehead atoms. The zero-order valence-electron chi connectivity index (χ0n) is 78.0. The van der Waals surface area contributed by atoms with E-state index in [9.17, 15) is 136 Å². The Morgan fingerprint density at radius 1 is 0.414 bits per heavy atom. The van der Waals surface area contributed by atoms with Gasteiger partial charge in [0.15, 0.2) is 25.2 Å². The number of carboxylic acid groups (broad SMARTS) is 2. The highest BCUT2D eigenvalue weighted by Gasteiger charge is 2.64. The first-order valence-corrected chi connectivity index (χ1v) is 48.4. The second-order valence-corrected chi connectivity index (χ2v) is 36.7. The molecule has 774 valence electrons. The van der Waals surface area contributed by atoms with E-state index in [-0.39, 0.29) is 6.42 Å². The van der Waals surface area contributed by atoms with E-state index < -0.39 is 308 Å². The summed E-state index contributed by atoms with van der Waals surface area (Å²) < 4.78 is 72.8. The fourth-order valence-electron chi connectivity index (χ4n) is 18.2. The average molecular weight is 1920 g/mol. The van der Waals surface area contributed by atoms with Crippen molar-refractivity contribution >= 4 is 35.4 Å². The Morgan fingerprint density at radius 2 is 0.774 bits per heavy atom. The second-order valence-electron chi connectivity index (χ2n) is 36.7. The van der Waals surface area contributed by atoms with Gasteiger partial charge in [0.2, 0.25) is 17.7 Å². The first kappa shape index (κ1) is 117. The molecular weight excluding hydrogens is 1760 g/mol. The monoisotopic (exact) mass is 1920 g/mol. The molecular formula is C91H161N3O39. The van der Waals surface area contributed by atoms with Crippen molar-refractivity contribution in [1.29, 1.82) is 0 Å². The van der Waals surface area contributed by atoms with Crippen LogP contribution in [0.1, 0.15) is 272 Å². The van der Waals surface area contributed by atoms with Gasteiger partial charge in [-0.15, -0.1) is 0 Å². The van der Waals surface area contributed by atoms with Crippen LogP contribution < -0.4 is 16.0 Å². The van der Waals surface area contributed by atoms with Crippen LogP contribution in [0.25, 0.3) is 0 Å². The summed E-state index contributed by atoms with van der Waals surface area (Å²) >= 11 is 0. The summed E-state index contributed by atoms with van der Waals surface area (Å²) in [4.78, 5) is 79.9. The number of hydrogen-bond acceptors (Lipinski definition) is 37. The number of carbonyl (C=O) groups excluding carboxylic acids is 4. The minimum atomic E-state index is -3.49. The van der Waals surface area contributed by atoms with Gasteiger partial charge in [-0.3, -0.25) is 14.4 Å². The first-order valence-electron chi connectivity index (χ1n) is 48.4. The van der Waals surface area contributed by atoms with E-state index >= 15 is 0 Å². The number of ether oxygens (including phenoxy) is 12. The number of hydrogen-bond donors (Lipinski definition) is 24. The number of aliphatic hydroxyl groups is 19. The van der Waals surface area contributed by atoms with Gasteiger partial charge >= 0.3 is 11.9 Å². The molecule has 6 heterocycles. The molecule has 0 aliphatic carbocycles. The molecule has 133 heavy (non-hydrogen) atoms. The number of allylic oxidation sites excluding steroid dienone is 1. The smallest absolute Gasteiger partial charge is 0.364 e. The van der Waals surface area contributed by atoms with Crippen LogP contribution in [0, 0.1) is 5.92 Å². The van der Waals surface area contributed by atoms with Crippen LogP contribution in [0.15, 0.2) is 12.2 Å². The maximum absolute atomic E-state index is 14.1. The standard InChI is InChI=1S/C91H161N3O39/c1-6-8-10-12-14-16-18-20-21-22-23-24-25-26-27-29-31-33-35-37-39-41-66(109)94-56(57(104)40-38-36-34-32-30-28-19-17-15-13-11-9-7-2)51-122-85-74(115)73(114)78(64(49-99)125-85)128-87-76(117)83(133-91(89(120)121)44-59(106)68(93-54(5)103)81(131-91)70(111)61(108)46-96)79(65(50-100)126-87)129-84-55(42-52(3)101)77(71(112)62(47-97)123-84)127-86-75(116)82(72(113)63(48-98)124-86)132-90(88(118)119)43-58(105)67(92-53(4)102)80(130-90)69(110)60(107)45-95/h38,40,55-65,67-87,95-100,104-108,110-117H,6-37,39,41-51H2,1-5H3,(H,92,102)(H,93,103)(H,94,109)(H,118,119)(H,120,121). The Hall–Kier alpha value is -4.48. The van der Waals surface area contributed by atoms with E-state index in [0.29, 0.717) is 12.8 Å². The van der Waals surface area contributed by atoms with Crippen molar-refractivity contribution in [3.63, 3.8) is 0 Å². The maximum atomic E-state index is 14.1. The summed E-state index contributed by atoms with van der Waals surface area (Å²) in [6.07, 6.45) is -24.1. The van der Waals surface area contributed by atoms with Gasteiger partial charge in [-0.1, -0.05) is 219 Å². The highest BCUT2D eigenvalue weighted by molar-refractivity contribution is 5.78. The molecule has 34 unspecified atom stereocenters. The number of unbranched alkanes of at least 4 members (excludes halogenated alkanes) is 31. The van der Waals surface area contributed by atoms with E-state index in [0.717, 1.165) is 85.0 Å². The molecule has 0 spiro atoms. The largest absolute Gasteiger partial charge is 0.477 e. The summed E-state index contributed by atoms with van der Waals surface area (Å²) in [5, 5.41) is 246. The van der Waals surface area contributed by atoms with Crippen molar-refractivity contribution < 1.29 is 193 Å². The first-order chi connectivity index (χ1) is 63.6. The summed E-state index contributed by atoms with van der Waals surface area (Å²) in [7, 11) is 0. The third kappa shape index (κ3) is 35.9. The van der Waals surface area contributed by atoms with Gasteiger partial charge in [-0.25, -0.2) is 9.59 Å². The van der Waals surface area contributed by atoms with E-state index in [1.54, 1.807) is 6.08 Å². The van der Waals surface area contributed by atoms with E-state index in [4.69, 9.17) is 56.8 Å². The predicted molar refractivity (Wildman–Crippen MR) is 469 cm³/mol. The number of aliphatic carboxylic acids is 2. The highest BCUT2D eigenvalue weighted by atomic mass is 16.8. The molecule has 34 atom stereocenters.